The highest BCUT2D eigenvalue weighted by atomic mass is 19.4. The molecule has 0 radical (unpaired) electrons. The first-order valence-electron chi connectivity index (χ1n) is 5.03. The fourth-order valence-corrected chi connectivity index (χ4v) is 1.53. The number of nitrogen functional groups attached to an aromatic ring is 1. The first-order valence-corrected chi connectivity index (χ1v) is 5.03. The summed E-state index contributed by atoms with van der Waals surface area (Å²) < 4.78 is 41.3. The average molecular weight is 257 g/mol. The Balaban J connectivity index is 2.25. The molecular formula is C11H10F3N3O. The van der Waals surface area contributed by atoms with E-state index in [2.05, 4.69) is 9.72 Å². The predicted octanol–water partition coefficient (Wildman–Crippen LogP) is 2.66. The first kappa shape index (κ1) is 12.3. The molecule has 7 heteroatoms. The fourth-order valence-electron chi connectivity index (χ4n) is 1.53. The molecule has 18 heavy (non-hydrogen) atoms. The highest BCUT2D eigenvalue weighted by Gasteiger charge is 2.30. The normalized spacial score (nSPS) is 11.6. The minimum absolute atomic E-state index is 0.275. The van der Waals surface area contributed by atoms with Crippen molar-refractivity contribution >= 4 is 5.95 Å². The van der Waals surface area contributed by atoms with Crippen LogP contribution in [0.25, 0.3) is 5.69 Å². The molecular weight excluding hydrogens is 247 g/mol. The number of nitrogens with two attached hydrogens (primary N) is 1. The molecule has 0 bridgehead atoms. The minimum atomic E-state index is -4.69. The third-order valence-electron chi connectivity index (χ3n) is 2.20. The van der Waals surface area contributed by atoms with Gasteiger partial charge in [0.25, 0.3) is 0 Å². The summed E-state index contributed by atoms with van der Waals surface area (Å²) in [6.45, 7) is 1.77. The molecule has 96 valence electrons. The van der Waals surface area contributed by atoms with E-state index in [4.69, 9.17) is 5.73 Å². The van der Waals surface area contributed by atoms with Crippen LogP contribution in [0.4, 0.5) is 19.1 Å². The van der Waals surface area contributed by atoms with E-state index in [1.165, 1.54) is 24.3 Å². The second-order valence-corrected chi connectivity index (χ2v) is 3.65. The van der Waals surface area contributed by atoms with E-state index in [0.717, 1.165) is 5.69 Å². The number of hydrogen-bond donors (Lipinski definition) is 1. The molecule has 0 spiro atoms. The largest absolute Gasteiger partial charge is 0.573 e. The number of ether oxygens (including phenoxy) is 1. The quantitative estimate of drug-likeness (QED) is 0.899. The van der Waals surface area contributed by atoms with Gasteiger partial charge in [0.05, 0.1) is 5.69 Å². The summed E-state index contributed by atoms with van der Waals surface area (Å²) in [5, 5.41) is 0. The highest BCUT2D eigenvalue weighted by molar-refractivity contribution is 5.43. The smallest absolute Gasteiger partial charge is 0.406 e. The zero-order chi connectivity index (χ0) is 13.3. The third-order valence-corrected chi connectivity index (χ3v) is 2.20. The van der Waals surface area contributed by atoms with Gasteiger partial charge < -0.3 is 10.5 Å². The summed E-state index contributed by atoms with van der Waals surface area (Å²) in [7, 11) is 0. The van der Waals surface area contributed by atoms with Crippen molar-refractivity contribution < 1.29 is 17.9 Å². The van der Waals surface area contributed by atoms with Gasteiger partial charge in [-0.25, -0.2) is 4.98 Å². The highest BCUT2D eigenvalue weighted by Crippen LogP contribution is 2.24. The number of benzene rings is 1. The number of imidazole rings is 1. The summed E-state index contributed by atoms with van der Waals surface area (Å²) in [4.78, 5) is 4.00. The summed E-state index contributed by atoms with van der Waals surface area (Å²) >= 11 is 0. The van der Waals surface area contributed by atoms with Crippen LogP contribution in [-0.4, -0.2) is 15.9 Å². The maximum atomic E-state index is 12.0. The molecule has 2 aromatic rings. The van der Waals surface area contributed by atoms with Gasteiger partial charge in [-0.1, -0.05) is 0 Å². The molecule has 0 unspecified atom stereocenters. The molecule has 0 atom stereocenters. The van der Waals surface area contributed by atoms with Gasteiger partial charge in [-0.2, -0.15) is 0 Å². The van der Waals surface area contributed by atoms with Crippen LogP contribution in [0.3, 0.4) is 0 Å². The summed E-state index contributed by atoms with van der Waals surface area (Å²) in [5.41, 5.74) is 6.99. The van der Waals surface area contributed by atoms with E-state index in [1.807, 2.05) is 0 Å². The van der Waals surface area contributed by atoms with Crippen LogP contribution in [0.15, 0.2) is 30.5 Å². The molecule has 4 nitrogen and oxygen atoms in total. The number of aryl methyl sites for hydroxylation is 1. The Morgan fingerprint density at radius 3 is 2.28 bits per heavy atom. The summed E-state index contributed by atoms with van der Waals surface area (Å²) in [5.74, 6) is -0.00125. The number of anilines is 1. The second-order valence-electron chi connectivity index (χ2n) is 3.65. The molecule has 0 fully saturated rings. The molecule has 0 amide bonds. The van der Waals surface area contributed by atoms with Crippen molar-refractivity contribution in [2.24, 2.45) is 0 Å². The van der Waals surface area contributed by atoms with Crippen molar-refractivity contribution in [1.29, 1.82) is 0 Å². The monoisotopic (exact) mass is 257 g/mol. The second kappa shape index (κ2) is 4.25. The van der Waals surface area contributed by atoms with Gasteiger partial charge in [0.15, 0.2) is 0 Å². The van der Waals surface area contributed by atoms with Crippen LogP contribution >= 0.6 is 0 Å². The van der Waals surface area contributed by atoms with E-state index in [1.54, 1.807) is 17.7 Å². The van der Waals surface area contributed by atoms with E-state index >= 15 is 0 Å². The number of halogens is 3. The van der Waals surface area contributed by atoms with Gasteiger partial charge in [0.2, 0.25) is 5.95 Å². The number of rotatable bonds is 2. The van der Waals surface area contributed by atoms with Crippen molar-refractivity contribution in [1.82, 2.24) is 9.55 Å². The van der Waals surface area contributed by atoms with Gasteiger partial charge in [-0.3, -0.25) is 4.57 Å². The Labute approximate surface area is 101 Å². The maximum Gasteiger partial charge on any atom is 0.573 e. The Kier molecular flexibility index (Phi) is 2.90. The molecule has 0 saturated heterocycles. The number of aromatic nitrogens is 2. The Morgan fingerprint density at radius 1 is 1.22 bits per heavy atom. The molecule has 1 heterocycles. The minimum Gasteiger partial charge on any atom is -0.406 e. The van der Waals surface area contributed by atoms with Crippen LogP contribution in [0, 0.1) is 6.92 Å². The van der Waals surface area contributed by atoms with E-state index in [0.29, 0.717) is 5.69 Å². The maximum absolute atomic E-state index is 12.0. The zero-order valence-electron chi connectivity index (χ0n) is 9.40. The van der Waals surface area contributed by atoms with Crippen molar-refractivity contribution in [3.05, 3.63) is 36.2 Å². The average Bonchev–Trinajstić information content (AvgIpc) is 2.57. The standard InChI is InChI=1S/C11H10F3N3O/c1-7-6-17(10(15)16-7)8-2-4-9(5-3-8)18-11(12,13)14/h2-6H,1H3,(H2,15,16). The van der Waals surface area contributed by atoms with Gasteiger partial charge in [0.1, 0.15) is 5.75 Å². The third kappa shape index (κ3) is 2.73. The van der Waals surface area contributed by atoms with Gasteiger partial charge in [-0.15, -0.1) is 13.2 Å². The molecule has 0 saturated carbocycles. The Morgan fingerprint density at radius 2 is 1.83 bits per heavy atom. The van der Waals surface area contributed by atoms with Crippen LogP contribution in [0.1, 0.15) is 5.69 Å². The topological polar surface area (TPSA) is 53.1 Å². The molecule has 0 aliphatic carbocycles. The lowest BCUT2D eigenvalue weighted by Gasteiger charge is -2.10. The van der Waals surface area contributed by atoms with Gasteiger partial charge in [-0.05, 0) is 31.2 Å². The van der Waals surface area contributed by atoms with Crippen molar-refractivity contribution in [3.63, 3.8) is 0 Å². The van der Waals surface area contributed by atoms with Crippen LogP contribution in [0.2, 0.25) is 0 Å². The Bertz CT molecular complexity index is 546. The SMILES string of the molecule is Cc1cn(-c2ccc(OC(F)(F)F)cc2)c(N)n1. The molecule has 1 aromatic heterocycles. The molecule has 2 N–H and O–H groups in total. The summed E-state index contributed by atoms with van der Waals surface area (Å²) in [6.07, 6.45) is -3.00. The van der Waals surface area contributed by atoms with Crippen molar-refractivity contribution in [2.75, 3.05) is 5.73 Å². The van der Waals surface area contributed by atoms with Gasteiger partial charge >= 0.3 is 6.36 Å². The van der Waals surface area contributed by atoms with E-state index in [-0.39, 0.29) is 11.7 Å². The zero-order valence-corrected chi connectivity index (χ0v) is 9.40. The number of alkyl halides is 3. The van der Waals surface area contributed by atoms with E-state index in [9.17, 15) is 13.2 Å². The lowest BCUT2D eigenvalue weighted by atomic mass is 10.3. The van der Waals surface area contributed by atoms with E-state index < -0.39 is 6.36 Å². The fraction of sp³-hybridized carbons (Fsp3) is 0.182. The van der Waals surface area contributed by atoms with Crippen LogP contribution in [0.5, 0.6) is 5.75 Å². The molecule has 0 aliphatic heterocycles. The molecule has 1 aromatic carbocycles. The van der Waals surface area contributed by atoms with Crippen molar-refractivity contribution in [3.8, 4) is 11.4 Å². The van der Waals surface area contributed by atoms with Crippen LogP contribution in [-0.2, 0) is 0 Å². The Hall–Kier alpha value is -2.18. The lowest BCUT2D eigenvalue weighted by molar-refractivity contribution is -0.274. The van der Waals surface area contributed by atoms with Gasteiger partial charge in [0, 0.05) is 11.9 Å². The predicted molar refractivity (Wildman–Crippen MR) is 59.4 cm³/mol. The lowest BCUT2D eigenvalue weighted by Crippen LogP contribution is -2.17. The molecule has 0 aliphatic rings. The number of hydrogen-bond acceptors (Lipinski definition) is 3. The number of nitrogens with zero attached hydrogens (tertiary/aromatic N) is 2. The van der Waals surface area contributed by atoms with Crippen molar-refractivity contribution in [2.45, 2.75) is 13.3 Å². The molecule has 2 rings (SSSR count). The first-order chi connectivity index (χ1) is 8.35. The summed E-state index contributed by atoms with van der Waals surface area (Å²) in [6, 6.07) is 5.38. The van der Waals surface area contributed by atoms with Crippen LogP contribution < -0.4 is 10.5 Å².